The van der Waals surface area contributed by atoms with E-state index in [1.165, 1.54) is 0 Å². The summed E-state index contributed by atoms with van der Waals surface area (Å²) in [6.45, 7) is 14.2. The van der Waals surface area contributed by atoms with Crippen molar-refractivity contribution in [2.45, 2.75) is 70.7 Å². The maximum atomic E-state index is 5.57. The van der Waals surface area contributed by atoms with E-state index in [9.17, 15) is 0 Å². The molecule has 0 aromatic carbocycles. The minimum absolute atomic E-state index is 0.0274. The lowest BCUT2D eigenvalue weighted by molar-refractivity contribution is 0.147. The van der Waals surface area contributed by atoms with E-state index in [2.05, 4.69) is 59.4 Å². The van der Waals surface area contributed by atoms with Crippen LogP contribution in [0.3, 0.4) is 0 Å². The minimum atomic E-state index is -1.46. The van der Waals surface area contributed by atoms with E-state index in [0.717, 1.165) is 16.6 Å². The van der Waals surface area contributed by atoms with Gasteiger partial charge in [-0.05, 0) is 16.6 Å². The summed E-state index contributed by atoms with van der Waals surface area (Å²) in [6.07, 6.45) is 6.90. The molecule has 0 aromatic rings. The van der Waals surface area contributed by atoms with Crippen LogP contribution < -0.4 is 5.73 Å². The number of methoxy groups -OCH3 is 1. The lowest BCUT2D eigenvalue weighted by Gasteiger charge is -2.40. The zero-order valence-corrected chi connectivity index (χ0v) is 16.5. The molecule has 0 fully saturated rings. The lowest BCUT2D eigenvalue weighted by Crippen LogP contribution is -2.42. The zero-order valence-electron chi connectivity index (χ0n) is 14.7. The third kappa shape index (κ3) is 6.05. The zero-order chi connectivity index (χ0) is 16.6. The predicted octanol–water partition coefficient (Wildman–Crippen LogP) is 5.01. The molecule has 2 nitrogen and oxygen atoms in total. The van der Waals surface area contributed by atoms with E-state index in [1.807, 2.05) is 6.08 Å². The Labute approximate surface area is 137 Å². The van der Waals surface area contributed by atoms with Gasteiger partial charge in [0.2, 0.25) is 0 Å². The first-order chi connectivity index (χ1) is 9.68. The van der Waals surface area contributed by atoms with Gasteiger partial charge in [0, 0.05) is 13.5 Å². The Balaban J connectivity index is 5.06. The molecule has 21 heavy (non-hydrogen) atoms. The second-order valence-corrected chi connectivity index (χ2v) is 13.0. The first-order valence-electron chi connectivity index (χ1n) is 7.85. The van der Waals surface area contributed by atoms with Crippen LogP contribution in [0.4, 0.5) is 0 Å². The molecule has 2 N–H and O–H groups in total. The number of hydrogen-bond acceptors (Lipinski definition) is 2. The van der Waals surface area contributed by atoms with E-state index < -0.39 is 8.07 Å². The summed E-state index contributed by atoms with van der Waals surface area (Å²) in [5.41, 5.74) is 10.3. The van der Waals surface area contributed by atoms with Gasteiger partial charge in [0.25, 0.3) is 0 Å². The summed E-state index contributed by atoms with van der Waals surface area (Å²) >= 11 is 4.93. The quantitative estimate of drug-likeness (QED) is 0.367. The monoisotopic (exact) mass is 327 g/mol. The molecule has 0 radical (unpaired) electrons. The number of hydrogen-bond donors (Lipinski definition) is 1. The smallest absolute Gasteiger partial charge is 0.0853 e. The molecule has 0 heterocycles. The highest BCUT2D eigenvalue weighted by molar-refractivity contribution is 7.80. The molecule has 0 aliphatic rings. The van der Waals surface area contributed by atoms with Gasteiger partial charge in [-0.3, -0.25) is 0 Å². The topological polar surface area (TPSA) is 35.2 Å². The highest BCUT2D eigenvalue weighted by Gasteiger charge is 2.39. The van der Waals surface area contributed by atoms with Crippen molar-refractivity contribution >= 4 is 25.3 Å². The third-order valence-corrected chi connectivity index (χ3v) is 11.5. The lowest BCUT2D eigenvalue weighted by atomic mass is 10.2. The number of nitrogens with two attached hydrogens (primary N) is 1. The van der Waals surface area contributed by atoms with Gasteiger partial charge >= 0.3 is 0 Å². The number of rotatable bonds is 9. The van der Waals surface area contributed by atoms with Crippen LogP contribution in [0.15, 0.2) is 23.9 Å². The van der Waals surface area contributed by atoms with Gasteiger partial charge in [0.1, 0.15) is 0 Å². The molecule has 0 amide bonds. The fourth-order valence-electron chi connectivity index (χ4n) is 3.42. The van der Waals surface area contributed by atoms with E-state index in [1.54, 1.807) is 7.11 Å². The first kappa shape index (κ1) is 20.5. The minimum Gasteiger partial charge on any atom is -0.393 e. The van der Waals surface area contributed by atoms with Gasteiger partial charge in [-0.15, -0.1) is 0 Å². The molecule has 0 saturated heterocycles. The van der Waals surface area contributed by atoms with Crippen molar-refractivity contribution in [1.82, 2.24) is 0 Å². The molecule has 1 unspecified atom stereocenters. The van der Waals surface area contributed by atoms with Crippen molar-refractivity contribution in [3.63, 3.8) is 0 Å². The van der Waals surface area contributed by atoms with Crippen LogP contribution in [0.1, 0.15) is 48.0 Å². The van der Waals surface area contributed by atoms with Crippen LogP contribution in [0.25, 0.3) is 0 Å². The molecular weight excluding hydrogens is 294 g/mol. The van der Waals surface area contributed by atoms with Crippen LogP contribution in [0.5, 0.6) is 0 Å². The normalized spacial score (nSPS) is 15.0. The Hall–Kier alpha value is -0.453. The van der Waals surface area contributed by atoms with Crippen LogP contribution in [0.2, 0.25) is 16.6 Å². The fourth-order valence-corrected chi connectivity index (χ4v) is 9.18. The largest absolute Gasteiger partial charge is 0.393 e. The fraction of sp³-hybridized carbons (Fsp3) is 0.706. The molecule has 4 heteroatoms. The van der Waals surface area contributed by atoms with Crippen molar-refractivity contribution in [2.24, 2.45) is 5.73 Å². The first-order valence-corrected chi connectivity index (χ1v) is 10.6. The van der Waals surface area contributed by atoms with Crippen molar-refractivity contribution in [2.75, 3.05) is 7.11 Å². The maximum Gasteiger partial charge on any atom is 0.0853 e. The molecule has 0 aliphatic carbocycles. The van der Waals surface area contributed by atoms with Crippen molar-refractivity contribution in [3.8, 4) is 0 Å². The molecule has 0 aromatic heterocycles. The summed E-state index contributed by atoms with van der Waals surface area (Å²) in [5, 5.41) is 0. The molecular formula is C17H33NOSSi. The average molecular weight is 328 g/mol. The molecule has 1 atom stereocenters. The van der Waals surface area contributed by atoms with Crippen molar-refractivity contribution in [3.05, 3.63) is 23.9 Å². The number of ether oxygens (including phenoxy) is 1. The van der Waals surface area contributed by atoms with Gasteiger partial charge < -0.3 is 10.5 Å². The Kier molecular flexibility index (Phi) is 9.34. The second kappa shape index (κ2) is 9.54. The predicted molar refractivity (Wildman–Crippen MR) is 102 cm³/mol. The highest BCUT2D eigenvalue weighted by Crippen LogP contribution is 2.42. The Morgan fingerprint density at radius 2 is 1.52 bits per heavy atom. The van der Waals surface area contributed by atoms with Crippen LogP contribution in [-0.4, -0.2) is 26.3 Å². The SMILES string of the molecule is COC(/C=C/C=C\[Si](C(C)C)(C(C)C)C(C)C)CC(N)=S. The molecule has 0 rings (SSSR count). The molecule has 0 aliphatic heterocycles. The van der Waals surface area contributed by atoms with Crippen LogP contribution >= 0.6 is 12.2 Å². The Morgan fingerprint density at radius 1 is 1.05 bits per heavy atom. The average Bonchev–Trinajstić information content (AvgIpc) is 2.35. The van der Waals surface area contributed by atoms with E-state index in [4.69, 9.17) is 22.7 Å². The Bertz CT molecular complexity index is 353. The van der Waals surface area contributed by atoms with Gasteiger partial charge in [0.05, 0.1) is 19.2 Å². The van der Waals surface area contributed by atoms with Gasteiger partial charge in [-0.1, -0.05) is 77.7 Å². The summed E-state index contributed by atoms with van der Waals surface area (Å²) in [4.78, 5) is 0.491. The van der Waals surface area contributed by atoms with Crippen molar-refractivity contribution < 1.29 is 4.74 Å². The van der Waals surface area contributed by atoms with Gasteiger partial charge in [-0.2, -0.15) is 0 Å². The summed E-state index contributed by atoms with van der Waals surface area (Å²) < 4.78 is 5.36. The number of thiocarbonyl (C=S) groups is 1. The second-order valence-electron chi connectivity index (χ2n) is 6.65. The molecule has 122 valence electrons. The van der Waals surface area contributed by atoms with E-state index in [0.29, 0.717) is 11.4 Å². The molecule has 0 saturated carbocycles. The summed E-state index contributed by atoms with van der Waals surface area (Å²) in [7, 11) is 0.222. The van der Waals surface area contributed by atoms with Gasteiger partial charge in [-0.25, -0.2) is 0 Å². The van der Waals surface area contributed by atoms with E-state index >= 15 is 0 Å². The maximum absolute atomic E-state index is 5.57. The van der Waals surface area contributed by atoms with Crippen molar-refractivity contribution in [1.29, 1.82) is 0 Å². The summed E-state index contributed by atoms with van der Waals surface area (Å²) in [6, 6.07) is 0. The molecule has 0 bridgehead atoms. The van der Waals surface area contributed by atoms with E-state index in [-0.39, 0.29) is 6.10 Å². The van der Waals surface area contributed by atoms with Crippen LogP contribution in [-0.2, 0) is 4.74 Å². The van der Waals surface area contributed by atoms with Gasteiger partial charge in [0.15, 0.2) is 0 Å². The third-order valence-electron chi connectivity index (χ3n) is 4.53. The standard InChI is InChI=1S/C17H33NOSSi/c1-13(2)21(14(3)4,15(5)6)11-9-8-10-16(19-7)12-17(18)20/h8-11,13-16H,12H2,1-7H3,(H2,18,20)/b10-8+,11-9-. The number of allylic oxidation sites excluding steroid dienone is 2. The summed E-state index contributed by atoms with van der Waals surface area (Å²) in [5.74, 6) is 0. The molecule has 0 spiro atoms. The van der Waals surface area contributed by atoms with Crippen LogP contribution in [0, 0.1) is 0 Å². The highest BCUT2D eigenvalue weighted by atomic mass is 32.1. The Morgan fingerprint density at radius 3 is 1.86 bits per heavy atom.